The fourth-order valence-electron chi connectivity index (χ4n) is 2.83. The highest BCUT2D eigenvalue weighted by Gasteiger charge is 2.15. The summed E-state index contributed by atoms with van der Waals surface area (Å²) in [6, 6.07) is 16.8. The minimum atomic E-state index is -0.236. The number of amides is 1. The minimum absolute atomic E-state index is 0.0576. The summed E-state index contributed by atoms with van der Waals surface area (Å²) in [5.74, 6) is -0.0576. The first-order valence-corrected chi connectivity index (χ1v) is 8.82. The number of ether oxygens (including phenoxy) is 1. The Kier molecular flexibility index (Phi) is 6.27. The van der Waals surface area contributed by atoms with Crippen LogP contribution in [0, 0.1) is 0 Å². The second kappa shape index (κ2) is 9.05. The van der Waals surface area contributed by atoms with Crippen molar-refractivity contribution in [2.45, 2.75) is 19.5 Å². The molecule has 0 fully saturated rings. The van der Waals surface area contributed by atoms with Gasteiger partial charge in [0.2, 0.25) is 5.91 Å². The summed E-state index contributed by atoms with van der Waals surface area (Å²) in [4.78, 5) is 26.9. The number of nitrogens with zero attached hydrogens (tertiary/aromatic N) is 4. The van der Waals surface area contributed by atoms with Gasteiger partial charge in [0.25, 0.3) is 5.56 Å². The quantitative estimate of drug-likeness (QED) is 0.608. The van der Waals surface area contributed by atoms with Crippen LogP contribution < -0.4 is 5.56 Å². The summed E-state index contributed by atoms with van der Waals surface area (Å²) < 4.78 is 6.37. The highest BCUT2D eigenvalue weighted by Crippen LogP contribution is 2.07. The van der Waals surface area contributed by atoms with E-state index in [1.165, 1.54) is 4.68 Å². The van der Waals surface area contributed by atoms with Crippen LogP contribution in [0.25, 0.3) is 10.9 Å². The second-order valence-corrected chi connectivity index (χ2v) is 6.18. The number of fused-ring (bicyclic) bond motifs is 1. The standard InChI is InChI=1S/C20H22N4O3/c1-27-14-13-23(15-16-7-3-2-4-8-16)19(25)11-12-24-20(26)17-9-5-6-10-18(17)21-22-24/h2-10H,11-15H2,1H3. The van der Waals surface area contributed by atoms with Crippen LogP contribution in [0.4, 0.5) is 0 Å². The third-order valence-corrected chi connectivity index (χ3v) is 4.30. The van der Waals surface area contributed by atoms with Crippen LogP contribution in [0.5, 0.6) is 0 Å². The van der Waals surface area contributed by atoms with Crippen LogP contribution in [0.2, 0.25) is 0 Å². The van der Waals surface area contributed by atoms with E-state index in [0.717, 1.165) is 5.56 Å². The first-order valence-electron chi connectivity index (χ1n) is 8.82. The molecule has 1 aromatic heterocycles. The van der Waals surface area contributed by atoms with Crippen LogP contribution >= 0.6 is 0 Å². The lowest BCUT2D eigenvalue weighted by molar-refractivity contribution is -0.132. The fourth-order valence-corrected chi connectivity index (χ4v) is 2.83. The largest absolute Gasteiger partial charge is 0.383 e. The van der Waals surface area contributed by atoms with Crippen molar-refractivity contribution >= 4 is 16.8 Å². The van der Waals surface area contributed by atoms with Crippen molar-refractivity contribution in [3.63, 3.8) is 0 Å². The van der Waals surface area contributed by atoms with Gasteiger partial charge in [0.15, 0.2) is 0 Å². The molecule has 0 spiro atoms. The Morgan fingerprint density at radius 2 is 1.85 bits per heavy atom. The summed E-state index contributed by atoms with van der Waals surface area (Å²) in [7, 11) is 1.61. The maximum Gasteiger partial charge on any atom is 0.277 e. The van der Waals surface area contributed by atoms with Crippen molar-refractivity contribution in [1.82, 2.24) is 19.9 Å². The van der Waals surface area contributed by atoms with Crippen LogP contribution in [0.3, 0.4) is 0 Å². The fraction of sp³-hybridized carbons (Fsp3) is 0.300. The van der Waals surface area contributed by atoms with E-state index in [0.29, 0.717) is 30.6 Å². The smallest absolute Gasteiger partial charge is 0.277 e. The average molecular weight is 366 g/mol. The Morgan fingerprint density at radius 1 is 1.11 bits per heavy atom. The molecule has 1 heterocycles. The molecule has 7 heteroatoms. The number of aromatic nitrogens is 3. The van der Waals surface area contributed by atoms with Gasteiger partial charge < -0.3 is 9.64 Å². The molecule has 3 aromatic rings. The molecule has 0 atom stereocenters. The Labute approximate surface area is 157 Å². The van der Waals surface area contributed by atoms with E-state index < -0.39 is 0 Å². The zero-order valence-electron chi connectivity index (χ0n) is 15.2. The van der Waals surface area contributed by atoms with Gasteiger partial charge in [0.05, 0.1) is 18.5 Å². The van der Waals surface area contributed by atoms with Gasteiger partial charge in [0, 0.05) is 26.6 Å². The molecule has 0 aliphatic rings. The first-order chi connectivity index (χ1) is 13.2. The zero-order valence-corrected chi connectivity index (χ0v) is 15.2. The molecule has 0 saturated heterocycles. The Hall–Kier alpha value is -3.06. The van der Waals surface area contributed by atoms with Gasteiger partial charge in [-0.3, -0.25) is 9.59 Å². The number of hydrogen-bond acceptors (Lipinski definition) is 5. The molecule has 3 rings (SSSR count). The summed E-state index contributed by atoms with van der Waals surface area (Å²) in [6.45, 7) is 1.63. The molecule has 0 saturated carbocycles. The number of carbonyl (C=O) groups is 1. The van der Waals surface area contributed by atoms with Crippen molar-refractivity contribution < 1.29 is 9.53 Å². The Morgan fingerprint density at radius 3 is 2.63 bits per heavy atom. The molecule has 0 radical (unpaired) electrons. The van der Waals surface area contributed by atoms with Crippen molar-refractivity contribution in [1.29, 1.82) is 0 Å². The van der Waals surface area contributed by atoms with Crippen LogP contribution in [-0.2, 0) is 22.6 Å². The van der Waals surface area contributed by atoms with Gasteiger partial charge in [-0.15, -0.1) is 5.10 Å². The number of carbonyl (C=O) groups excluding carboxylic acids is 1. The lowest BCUT2D eigenvalue weighted by Gasteiger charge is -2.22. The van der Waals surface area contributed by atoms with E-state index in [1.807, 2.05) is 36.4 Å². The summed E-state index contributed by atoms with van der Waals surface area (Å²) in [5, 5.41) is 8.49. The number of methoxy groups -OCH3 is 1. The van der Waals surface area contributed by atoms with Gasteiger partial charge in [-0.05, 0) is 17.7 Å². The topological polar surface area (TPSA) is 77.3 Å². The maximum absolute atomic E-state index is 12.7. The SMILES string of the molecule is COCCN(Cc1ccccc1)C(=O)CCn1nnc2ccccc2c1=O. The molecule has 27 heavy (non-hydrogen) atoms. The van der Waals surface area contributed by atoms with E-state index in [9.17, 15) is 9.59 Å². The van der Waals surface area contributed by atoms with E-state index >= 15 is 0 Å². The second-order valence-electron chi connectivity index (χ2n) is 6.18. The molecular weight excluding hydrogens is 344 g/mol. The van der Waals surface area contributed by atoms with Crippen molar-refractivity contribution in [3.8, 4) is 0 Å². The molecular formula is C20H22N4O3. The number of aryl methyl sites for hydroxylation is 1. The predicted molar refractivity (Wildman–Crippen MR) is 102 cm³/mol. The van der Waals surface area contributed by atoms with Crippen LogP contribution in [-0.4, -0.2) is 46.1 Å². The van der Waals surface area contributed by atoms with E-state index in [2.05, 4.69) is 10.3 Å². The van der Waals surface area contributed by atoms with Gasteiger partial charge in [0.1, 0.15) is 5.52 Å². The van der Waals surface area contributed by atoms with Gasteiger partial charge in [-0.1, -0.05) is 47.7 Å². The van der Waals surface area contributed by atoms with Crippen molar-refractivity contribution in [2.24, 2.45) is 0 Å². The molecule has 0 unspecified atom stereocenters. The average Bonchev–Trinajstić information content (AvgIpc) is 2.71. The van der Waals surface area contributed by atoms with Crippen molar-refractivity contribution in [2.75, 3.05) is 20.3 Å². The molecule has 0 aliphatic heterocycles. The van der Waals surface area contributed by atoms with Gasteiger partial charge >= 0.3 is 0 Å². The molecule has 0 aliphatic carbocycles. The molecule has 1 amide bonds. The first kappa shape index (κ1) is 18.7. The highest BCUT2D eigenvalue weighted by molar-refractivity contribution is 5.77. The van der Waals surface area contributed by atoms with E-state index in [4.69, 9.17) is 4.74 Å². The molecule has 140 valence electrons. The van der Waals surface area contributed by atoms with Gasteiger partial charge in [-0.2, -0.15) is 0 Å². The van der Waals surface area contributed by atoms with Crippen LogP contribution in [0.15, 0.2) is 59.4 Å². The summed E-state index contributed by atoms with van der Waals surface area (Å²) in [5.41, 5.74) is 1.36. The highest BCUT2D eigenvalue weighted by atomic mass is 16.5. The molecule has 0 bridgehead atoms. The zero-order chi connectivity index (χ0) is 19.1. The maximum atomic E-state index is 12.7. The monoisotopic (exact) mass is 366 g/mol. The molecule has 0 N–H and O–H groups in total. The number of benzene rings is 2. The predicted octanol–water partition coefficient (Wildman–Crippen LogP) is 1.86. The van der Waals surface area contributed by atoms with Crippen LogP contribution in [0.1, 0.15) is 12.0 Å². The lowest BCUT2D eigenvalue weighted by Crippen LogP contribution is -2.35. The molecule has 2 aromatic carbocycles. The minimum Gasteiger partial charge on any atom is -0.383 e. The summed E-state index contributed by atoms with van der Waals surface area (Å²) in [6.07, 6.45) is 0.170. The van der Waals surface area contributed by atoms with Crippen molar-refractivity contribution in [3.05, 3.63) is 70.5 Å². The van der Waals surface area contributed by atoms with E-state index in [1.54, 1.807) is 30.2 Å². The van der Waals surface area contributed by atoms with E-state index in [-0.39, 0.29) is 24.4 Å². The Bertz CT molecular complexity index is 956. The number of rotatable bonds is 8. The van der Waals surface area contributed by atoms with Gasteiger partial charge in [-0.25, -0.2) is 4.68 Å². The normalized spacial score (nSPS) is 10.9. The number of hydrogen-bond donors (Lipinski definition) is 0. The Balaban J connectivity index is 1.70. The third kappa shape index (κ3) is 4.77. The molecule has 7 nitrogen and oxygen atoms in total. The lowest BCUT2D eigenvalue weighted by atomic mass is 10.2. The third-order valence-electron chi connectivity index (χ3n) is 4.30. The summed E-state index contributed by atoms with van der Waals surface area (Å²) >= 11 is 0.